The highest BCUT2D eigenvalue weighted by atomic mass is 16.6. The van der Waals surface area contributed by atoms with Gasteiger partial charge in [0.2, 0.25) is 0 Å². The predicted molar refractivity (Wildman–Crippen MR) is 97.0 cm³/mol. The molecule has 130 valence electrons. The van der Waals surface area contributed by atoms with Gasteiger partial charge in [-0.2, -0.15) is 5.10 Å². The van der Waals surface area contributed by atoms with Crippen LogP contribution in [0.2, 0.25) is 0 Å². The fourth-order valence-corrected chi connectivity index (χ4v) is 2.33. The molecule has 2 aromatic carbocycles. The first-order valence-corrected chi connectivity index (χ1v) is 7.78. The molecule has 0 aliphatic rings. The van der Waals surface area contributed by atoms with Gasteiger partial charge < -0.3 is 4.42 Å². The topological polar surface area (TPSA) is 97.7 Å². The van der Waals surface area contributed by atoms with Crippen molar-refractivity contribution in [3.63, 3.8) is 0 Å². The molecular weight excluding hydrogens is 334 g/mol. The number of rotatable bonds is 5. The van der Waals surface area contributed by atoms with Crippen LogP contribution in [0.1, 0.15) is 21.7 Å². The number of nitrogens with one attached hydrogen (secondary N) is 1. The first kappa shape index (κ1) is 17.1. The van der Waals surface area contributed by atoms with E-state index >= 15 is 0 Å². The molecule has 3 aromatic rings. The number of nitro groups is 1. The van der Waals surface area contributed by atoms with Crippen molar-refractivity contribution in [3.05, 3.63) is 87.7 Å². The molecule has 0 aliphatic carbocycles. The molecule has 3 rings (SSSR count). The number of nitrogens with zero attached hydrogens (tertiary/aromatic N) is 2. The monoisotopic (exact) mass is 349 g/mol. The summed E-state index contributed by atoms with van der Waals surface area (Å²) >= 11 is 0. The summed E-state index contributed by atoms with van der Waals surface area (Å²) in [4.78, 5) is 22.2. The molecule has 1 amide bonds. The first-order chi connectivity index (χ1) is 12.5. The Hall–Kier alpha value is -3.74. The smallest absolute Gasteiger partial charge is 0.271 e. The van der Waals surface area contributed by atoms with Crippen LogP contribution in [0.15, 0.2) is 70.2 Å². The van der Waals surface area contributed by atoms with Gasteiger partial charge in [0.15, 0.2) is 0 Å². The highest BCUT2D eigenvalue weighted by Crippen LogP contribution is 2.23. The Bertz CT molecular complexity index is 974. The summed E-state index contributed by atoms with van der Waals surface area (Å²) < 4.78 is 5.61. The molecule has 1 aromatic heterocycles. The minimum absolute atomic E-state index is 0.0148. The number of furan rings is 1. The second-order valence-corrected chi connectivity index (χ2v) is 5.57. The Labute approximate surface area is 149 Å². The molecule has 0 radical (unpaired) electrons. The lowest BCUT2D eigenvalue weighted by atomic mass is 10.1. The number of benzene rings is 2. The predicted octanol–water partition coefficient (Wildman–Crippen LogP) is 3.93. The fourth-order valence-electron chi connectivity index (χ4n) is 2.33. The van der Waals surface area contributed by atoms with Crippen LogP contribution in [0.25, 0.3) is 11.3 Å². The normalized spacial score (nSPS) is 10.8. The summed E-state index contributed by atoms with van der Waals surface area (Å²) in [6.07, 6.45) is 1.39. The maximum Gasteiger partial charge on any atom is 0.271 e. The second-order valence-electron chi connectivity index (χ2n) is 5.57. The van der Waals surface area contributed by atoms with Crippen molar-refractivity contribution in [1.82, 2.24) is 5.43 Å². The van der Waals surface area contributed by atoms with E-state index in [0.29, 0.717) is 22.6 Å². The molecule has 7 heteroatoms. The Kier molecular flexibility index (Phi) is 4.89. The van der Waals surface area contributed by atoms with Crippen molar-refractivity contribution < 1.29 is 14.1 Å². The Morgan fingerprint density at radius 1 is 1.15 bits per heavy atom. The van der Waals surface area contributed by atoms with Gasteiger partial charge in [-0.25, -0.2) is 5.43 Å². The number of non-ortho nitro benzene ring substituents is 1. The molecule has 0 fully saturated rings. The van der Waals surface area contributed by atoms with Gasteiger partial charge in [0.05, 0.1) is 11.1 Å². The molecule has 0 saturated heterocycles. The van der Waals surface area contributed by atoms with E-state index in [0.717, 1.165) is 5.56 Å². The van der Waals surface area contributed by atoms with Crippen LogP contribution in [0.5, 0.6) is 0 Å². The molecule has 0 spiro atoms. The number of hydrogen-bond donors (Lipinski definition) is 1. The number of nitro benzene ring substituents is 1. The minimum atomic E-state index is -0.457. The summed E-state index contributed by atoms with van der Waals surface area (Å²) in [6, 6.07) is 16.6. The number of aryl methyl sites for hydroxylation is 1. The maximum atomic E-state index is 12.0. The van der Waals surface area contributed by atoms with Gasteiger partial charge in [-0.1, -0.05) is 17.7 Å². The molecule has 1 heterocycles. The van der Waals surface area contributed by atoms with Crippen molar-refractivity contribution >= 4 is 17.8 Å². The first-order valence-electron chi connectivity index (χ1n) is 7.78. The van der Waals surface area contributed by atoms with Gasteiger partial charge in [-0.15, -0.1) is 0 Å². The van der Waals surface area contributed by atoms with Gasteiger partial charge in [0, 0.05) is 23.3 Å². The van der Waals surface area contributed by atoms with E-state index in [-0.39, 0.29) is 11.6 Å². The van der Waals surface area contributed by atoms with Crippen molar-refractivity contribution in [3.8, 4) is 11.3 Å². The molecule has 0 bridgehead atoms. The Morgan fingerprint density at radius 3 is 2.62 bits per heavy atom. The number of carbonyl (C=O) groups is 1. The molecule has 26 heavy (non-hydrogen) atoms. The number of carbonyl (C=O) groups excluding carboxylic acids is 1. The van der Waals surface area contributed by atoms with Gasteiger partial charge in [0.25, 0.3) is 11.6 Å². The number of hydrogen-bond acceptors (Lipinski definition) is 5. The molecule has 1 N–H and O–H groups in total. The quantitative estimate of drug-likeness (QED) is 0.429. The number of amides is 1. The summed E-state index contributed by atoms with van der Waals surface area (Å²) in [5.74, 6) is 0.682. The van der Waals surface area contributed by atoms with Crippen LogP contribution in [0, 0.1) is 17.0 Å². The van der Waals surface area contributed by atoms with Crippen molar-refractivity contribution in [2.45, 2.75) is 6.92 Å². The highest BCUT2D eigenvalue weighted by Gasteiger charge is 2.08. The molecule has 0 unspecified atom stereocenters. The van der Waals surface area contributed by atoms with Crippen LogP contribution in [-0.4, -0.2) is 17.0 Å². The van der Waals surface area contributed by atoms with Crippen LogP contribution < -0.4 is 5.43 Å². The standard InChI is InChI=1S/C19H15N3O4/c1-13-3-2-4-15(11-13)19(23)21-20-12-17-9-10-18(26-17)14-5-7-16(8-6-14)22(24)25/h2-12H,1H3,(H,21,23)/b20-12+. The van der Waals surface area contributed by atoms with Crippen LogP contribution in [0.3, 0.4) is 0 Å². The second kappa shape index (κ2) is 7.43. The lowest BCUT2D eigenvalue weighted by molar-refractivity contribution is -0.384. The largest absolute Gasteiger partial charge is 0.455 e. The zero-order chi connectivity index (χ0) is 18.5. The van der Waals surface area contributed by atoms with E-state index in [1.807, 2.05) is 13.0 Å². The molecule has 7 nitrogen and oxygen atoms in total. The third-order valence-corrected chi connectivity index (χ3v) is 3.63. The maximum absolute atomic E-state index is 12.0. The lowest BCUT2D eigenvalue weighted by Gasteiger charge is -2.00. The summed E-state index contributed by atoms with van der Waals surface area (Å²) in [5, 5.41) is 14.6. The van der Waals surface area contributed by atoms with E-state index in [1.165, 1.54) is 18.3 Å². The Morgan fingerprint density at radius 2 is 1.92 bits per heavy atom. The van der Waals surface area contributed by atoms with Gasteiger partial charge >= 0.3 is 0 Å². The number of hydrazone groups is 1. The van der Waals surface area contributed by atoms with Crippen molar-refractivity contribution in [2.75, 3.05) is 0 Å². The lowest BCUT2D eigenvalue weighted by Crippen LogP contribution is -2.17. The Balaban J connectivity index is 1.65. The van der Waals surface area contributed by atoms with Crippen LogP contribution in [-0.2, 0) is 0 Å². The highest BCUT2D eigenvalue weighted by molar-refractivity contribution is 5.94. The molecule has 0 saturated carbocycles. The van der Waals surface area contributed by atoms with E-state index in [4.69, 9.17) is 4.42 Å². The summed E-state index contributed by atoms with van der Waals surface area (Å²) in [7, 11) is 0. The average molecular weight is 349 g/mol. The van der Waals surface area contributed by atoms with Gasteiger partial charge in [-0.3, -0.25) is 14.9 Å². The van der Waals surface area contributed by atoms with E-state index in [9.17, 15) is 14.9 Å². The SMILES string of the molecule is Cc1cccc(C(=O)N/N=C/c2ccc(-c3ccc([N+](=O)[O-])cc3)o2)c1. The fraction of sp³-hybridized carbons (Fsp3) is 0.0526. The van der Waals surface area contributed by atoms with Crippen LogP contribution >= 0.6 is 0 Å². The van der Waals surface area contributed by atoms with Crippen LogP contribution in [0.4, 0.5) is 5.69 Å². The van der Waals surface area contributed by atoms with Gasteiger partial charge in [0.1, 0.15) is 11.5 Å². The molecule has 0 aliphatic heterocycles. The van der Waals surface area contributed by atoms with Gasteiger partial charge in [-0.05, 0) is 43.3 Å². The minimum Gasteiger partial charge on any atom is -0.455 e. The van der Waals surface area contributed by atoms with E-state index < -0.39 is 4.92 Å². The summed E-state index contributed by atoms with van der Waals surface area (Å²) in [6.45, 7) is 1.91. The zero-order valence-electron chi connectivity index (χ0n) is 13.9. The molecular formula is C19H15N3O4. The molecule has 0 atom stereocenters. The summed E-state index contributed by atoms with van der Waals surface area (Å²) in [5.41, 5.74) is 4.67. The third kappa shape index (κ3) is 4.02. The van der Waals surface area contributed by atoms with Crippen molar-refractivity contribution in [1.29, 1.82) is 0 Å². The van der Waals surface area contributed by atoms with Crippen molar-refractivity contribution in [2.24, 2.45) is 5.10 Å². The van der Waals surface area contributed by atoms with E-state index in [2.05, 4.69) is 10.5 Å². The van der Waals surface area contributed by atoms with E-state index in [1.54, 1.807) is 42.5 Å². The third-order valence-electron chi connectivity index (χ3n) is 3.63. The zero-order valence-corrected chi connectivity index (χ0v) is 13.9. The average Bonchev–Trinajstić information content (AvgIpc) is 3.10.